The number of ether oxygens (including phenoxy) is 2. The average Bonchev–Trinajstić information content (AvgIpc) is 3.60. The highest BCUT2D eigenvalue weighted by molar-refractivity contribution is 6.32. The average molecular weight is 584 g/mol. The molecule has 0 spiro atoms. The maximum Gasteiger partial charge on any atom is 0.324 e. The molecular weight excluding hydrogens is 553 g/mol. The summed E-state index contributed by atoms with van der Waals surface area (Å²) in [4.78, 5) is 14.7. The monoisotopic (exact) mass is 583 g/mol. The van der Waals surface area contributed by atoms with Crippen molar-refractivity contribution in [1.82, 2.24) is 25.1 Å². The fourth-order valence-electron chi connectivity index (χ4n) is 4.15. The third kappa shape index (κ3) is 7.20. The number of hydrogen-bond acceptors (Lipinski definition) is 8. The minimum Gasteiger partial charge on any atom is -0.492 e. The number of carbonyl (C=O) groups is 1. The van der Waals surface area contributed by atoms with Gasteiger partial charge in [0, 0.05) is 48.4 Å². The molecule has 2 amide bonds. The summed E-state index contributed by atoms with van der Waals surface area (Å²) in [6, 6.07) is 10.6. The lowest BCUT2D eigenvalue weighted by Crippen LogP contribution is -2.38. The predicted molar refractivity (Wildman–Crippen MR) is 152 cm³/mol. The van der Waals surface area contributed by atoms with Crippen LogP contribution in [0.1, 0.15) is 26.5 Å². The molecule has 0 aliphatic carbocycles. The minimum absolute atomic E-state index is 0.215. The van der Waals surface area contributed by atoms with Gasteiger partial charge in [-0.1, -0.05) is 42.7 Å². The molecule has 4 aromatic rings. The van der Waals surface area contributed by atoms with Gasteiger partial charge in [0.25, 0.3) is 0 Å². The van der Waals surface area contributed by atoms with E-state index in [1.165, 1.54) is 16.8 Å². The Morgan fingerprint density at radius 1 is 1.12 bits per heavy atom. The van der Waals surface area contributed by atoms with E-state index in [-0.39, 0.29) is 22.5 Å². The number of urea groups is 1. The van der Waals surface area contributed by atoms with Crippen LogP contribution in [0.5, 0.6) is 5.75 Å². The Morgan fingerprint density at radius 2 is 1.93 bits per heavy atom. The molecule has 13 heteroatoms. The normalized spacial score (nSPS) is 14.2. The third-order valence-corrected chi connectivity index (χ3v) is 6.74. The number of amides is 2. The molecule has 3 heterocycles. The first-order chi connectivity index (χ1) is 19.7. The summed E-state index contributed by atoms with van der Waals surface area (Å²) in [6.45, 7) is 10.5. The van der Waals surface area contributed by atoms with E-state index in [2.05, 4.69) is 31.0 Å². The highest BCUT2D eigenvalue weighted by atomic mass is 35.5. The van der Waals surface area contributed by atoms with Crippen LogP contribution in [0, 0.1) is 5.82 Å². The maximum absolute atomic E-state index is 15.0. The first kappa shape index (κ1) is 28.5. The first-order valence-corrected chi connectivity index (χ1v) is 13.5. The zero-order valence-electron chi connectivity index (χ0n) is 23.0. The van der Waals surface area contributed by atoms with Crippen LogP contribution in [0.15, 0.2) is 53.2 Å². The molecule has 11 nitrogen and oxygen atoms in total. The molecule has 1 fully saturated rings. The summed E-state index contributed by atoms with van der Waals surface area (Å²) in [5, 5.41) is 17.6. The summed E-state index contributed by atoms with van der Waals surface area (Å²) >= 11 is 6.50. The SMILES string of the molecule is CC(C)(C)c1cc(NC(=O)Nc2ccc(-c3cn(-c4ccc(OCCN5CCOCC5)cc4Cl)nn3)c(F)c2)no1. The Morgan fingerprint density at radius 3 is 2.63 bits per heavy atom. The predicted octanol–water partition coefficient (Wildman–Crippen LogP) is 5.37. The molecule has 1 saturated heterocycles. The van der Waals surface area contributed by atoms with Crippen LogP contribution in [-0.2, 0) is 10.2 Å². The number of aromatic nitrogens is 4. The number of benzene rings is 2. The fourth-order valence-corrected chi connectivity index (χ4v) is 4.41. The lowest BCUT2D eigenvalue weighted by molar-refractivity contribution is 0.0322. The summed E-state index contributed by atoms with van der Waals surface area (Å²) < 4.78 is 33.0. The molecule has 0 atom stereocenters. The van der Waals surface area contributed by atoms with Crippen molar-refractivity contribution in [1.29, 1.82) is 0 Å². The number of nitrogens with one attached hydrogen (secondary N) is 2. The smallest absolute Gasteiger partial charge is 0.324 e. The highest BCUT2D eigenvalue weighted by Gasteiger charge is 2.21. The van der Waals surface area contributed by atoms with E-state index in [1.54, 1.807) is 36.5 Å². The van der Waals surface area contributed by atoms with Gasteiger partial charge in [0.2, 0.25) is 0 Å². The topological polar surface area (TPSA) is 120 Å². The van der Waals surface area contributed by atoms with E-state index >= 15 is 4.39 Å². The number of morpholine rings is 1. The highest BCUT2D eigenvalue weighted by Crippen LogP contribution is 2.29. The molecule has 0 unspecified atom stereocenters. The van der Waals surface area contributed by atoms with E-state index < -0.39 is 11.8 Å². The molecule has 5 rings (SSSR count). The van der Waals surface area contributed by atoms with Gasteiger partial charge in [-0.2, -0.15) is 0 Å². The standard InChI is InChI=1S/C28H31ClFN7O4/c1-28(2,3)25-16-26(34-41-25)32-27(38)31-18-4-6-20(22(30)14-18)23-17-37(35-33-23)24-7-5-19(15-21(24)29)40-13-10-36-8-11-39-12-9-36/h4-7,14-17H,8-13H2,1-3H3,(H2,31,32,34,38). The van der Waals surface area contributed by atoms with Crippen molar-refractivity contribution in [3.8, 4) is 22.7 Å². The Kier molecular flexibility index (Phi) is 8.52. The van der Waals surface area contributed by atoms with E-state index in [0.29, 0.717) is 34.5 Å². The van der Waals surface area contributed by atoms with Crippen LogP contribution in [0.4, 0.5) is 20.7 Å². The second-order valence-corrected chi connectivity index (χ2v) is 11.0. The molecule has 216 valence electrons. The van der Waals surface area contributed by atoms with E-state index in [9.17, 15) is 4.79 Å². The number of halogens is 2. The second kappa shape index (κ2) is 12.2. The van der Waals surface area contributed by atoms with Crippen LogP contribution in [0.2, 0.25) is 5.02 Å². The molecular formula is C28H31ClFN7O4. The largest absolute Gasteiger partial charge is 0.492 e. The molecule has 0 bridgehead atoms. The Balaban J connectivity index is 1.19. The Hall–Kier alpha value is -4.00. The number of anilines is 2. The van der Waals surface area contributed by atoms with Gasteiger partial charge in [-0.05, 0) is 30.3 Å². The van der Waals surface area contributed by atoms with Gasteiger partial charge in [0.15, 0.2) is 5.82 Å². The van der Waals surface area contributed by atoms with Crippen LogP contribution in [0.3, 0.4) is 0 Å². The Labute approximate surface area is 241 Å². The molecule has 0 saturated carbocycles. The van der Waals surface area contributed by atoms with Gasteiger partial charge in [0.1, 0.15) is 29.6 Å². The summed E-state index contributed by atoms with van der Waals surface area (Å²) in [6.07, 6.45) is 1.58. The fraction of sp³-hybridized carbons (Fsp3) is 0.357. The molecule has 1 aliphatic heterocycles. The van der Waals surface area contributed by atoms with Gasteiger partial charge in [0.05, 0.1) is 30.1 Å². The molecule has 2 N–H and O–H groups in total. The second-order valence-electron chi connectivity index (χ2n) is 10.6. The number of hydrogen-bond donors (Lipinski definition) is 2. The number of rotatable bonds is 8. The van der Waals surface area contributed by atoms with Crippen molar-refractivity contribution < 1.29 is 23.2 Å². The lowest BCUT2D eigenvalue weighted by atomic mass is 9.93. The molecule has 41 heavy (non-hydrogen) atoms. The van der Waals surface area contributed by atoms with Crippen LogP contribution in [0.25, 0.3) is 16.9 Å². The summed E-state index contributed by atoms with van der Waals surface area (Å²) in [5.41, 5.74) is 1.09. The van der Waals surface area contributed by atoms with Crippen molar-refractivity contribution in [2.24, 2.45) is 0 Å². The quantitative estimate of drug-likeness (QED) is 0.284. The number of carbonyl (C=O) groups excluding carboxylic acids is 1. The van der Waals surface area contributed by atoms with E-state index in [0.717, 1.165) is 32.8 Å². The van der Waals surface area contributed by atoms with Gasteiger partial charge < -0.3 is 19.3 Å². The van der Waals surface area contributed by atoms with Crippen LogP contribution >= 0.6 is 11.6 Å². The summed E-state index contributed by atoms with van der Waals surface area (Å²) in [5.74, 6) is 0.943. The summed E-state index contributed by atoms with van der Waals surface area (Å²) in [7, 11) is 0. The minimum atomic E-state index is -0.583. The zero-order valence-corrected chi connectivity index (χ0v) is 23.7. The van der Waals surface area contributed by atoms with Crippen molar-refractivity contribution in [3.05, 3.63) is 65.3 Å². The van der Waals surface area contributed by atoms with Gasteiger partial charge in [-0.15, -0.1) is 5.10 Å². The van der Waals surface area contributed by atoms with Gasteiger partial charge in [-0.25, -0.2) is 13.9 Å². The van der Waals surface area contributed by atoms with Crippen molar-refractivity contribution in [3.63, 3.8) is 0 Å². The third-order valence-electron chi connectivity index (χ3n) is 6.43. The Bertz CT molecular complexity index is 1510. The molecule has 1 aliphatic rings. The zero-order chi connectivity index (χ0) is 29.0. The maximum atomic E-state index is 15.0. The van der Waals surface area contributed by atoms with E-state index in [4.69, 9.17) is 25.6 Å². The van der Waals surface area contributed by atoms with Gasteiger partial charge >= 0.3 is 6.03 Å². The van der Waals surface area contributed by atoms with E-state index in [1.807, 2.05) is 20.8 Å². The van der Waals surface area contributed by atoms with Crippen molar-refractivity contribution in [2.45, 2.75) is 26.2 Å². The first-order valence-electron chi connectivity index (χ1n) is 13.2. The van der Waals surface area contributed by atoms with Crippen molar-refractivity contribution >= 4 is 29.1 Å². The molecule has 0 radical (unpaired) electrons. The van der Waals surface area contributed by atoms with Crippen LogP contribution in [-0.4, -0.2) is 70.5 Å². The molecule has 2 aromatic heterocycles. The van der Waals surface area contributed by atoms with Crippen molar-refractivity contribution in [2.75, 3.05) is 50.1 Å². The lowest BCUT2D eigenvalue weighted by Gasteiger charge is -2.26. The van der Waals surface area contributed by atoms with Crippen LogP contribution < -0.4 is 15.4 Å². The van der Waals surface area contributed by atoms with Gasteiger partial charge in [-0.3, -0.25) is 10.2 Å². The molecule has 2 aromatic carbocycles. The number of nitrogens with zero attached hydrogens (tertiary/aromatic N) is 5.